The highest BCUT2D eigenvalue weighted by molar-refractivity contribution is 6.08. The molecule has 0 aromatic heterocycles. The Labute approximate surface area is 141 Å². The van der Waals surface area contributed by atoms with Crippen molar-refractivity contribution in [3.63, 3.8) is 0 Å². The lowest BCUT2D eigenvalue weighted by Gasteiger charge is -2.14. The van der Waals surface area contributed by atoms with Crippen molar-refractivity contribution in [3.05, 3.63) is 65.7 Å². The summed E-state index contributed by atoms with van der Waals surface area (Å²) in [4.78, 5) is 24.8. The Morgan fingerprint density at radius 3 is 2.50 bits per heavy atom. The normalized spacial score (nSPS) is 16.6. The summed E-state index contributed by atoms with van der Waals surface area (Å²) in [6.07, 6.45) is 2.22. The van der Waals surface area contributed by atoms with Gasteiger partial charge >= 0.3 is 0 Å². The first kappa shape index (κ1) is 16.2. The van der Waals surface area contributed by atoms with Gasteiger partial charge < -0.3 is 16.0 Å². The predicted octanol–water partition coefficient (Wildman–Crippen LogP) is 2.42. The van der Waals surface area contributed by atoms with Gasteiger partial charge in [0, 0.05) is 18.2 Å². The Morgan fingerprint density at radius 2 is 1.75 bits per heavy atom. The van der Waals surface area contributed by atoms with Gasteiger partial charge in [-0.15, -0.1) is 0 Å². The van der Waals surface area contributed by atoms with E-state index in [0.29, 0.717) is 29.4 Å². The summed E-state index contributed by atoms with van der Waals surface area (Å²) in [6, 6.07) is 16.3. The zero-order chi connectivity index (χ0) is 16.8. The highest BCUT2D eigenvalue weighted by Crippen LogP contribution is 2.16. The third-order valence-electron chi connectivity index (χ3n) is 4.13. The molecule has 1 fully saturated rings. The van der Waals surface area contributed by atoms with Crippen LogP contribution in [0.5, 0.6) is 0 Å². The highest BCUT2D eigenvalue weighted by atomic mass is 16.2. The molecule has 1 saturated heterocycles. The van der Waals surface area contributed by atoms with Gasteiger partial charge in [0.2, 0.25) is 0 Å². The molecule has 0 spiro atoms. The Kier molecular flexibility index (Phi) is 5.23. The van der Waals surface area contributed by atoms with Crippen molar-refractivity contribution in [3.8, 4) is 0 Å². The van der Waals surface area contributed by atoms with E-state index in [0.717, 1.165) is 19.4 Å². The van der Waals surface area contributed by atoms with Crippen molar-refractivity contribution < 1.29 is 9.59 Å². The van der Waals surface area contributed by atoms with E-state index in [4.69, 9.17) is 0 Å². The van der Waals surface area contributed by atoms with Crippen LogP contribution in [0.25, 0.3) is 0 Å². The lowest BCUT2D eigenvalue weighted by Crippen LogP contribution is -2.37. The van der Waals surface area contributed by atoms with E-state index in [1.54, 1.807) is 36.4 Å². The Balaban J connectivity index is 1.68. The summed E-state index contributed by atoms with van der Waals surface area (Å²) < 4.78 is 0. The summed E-state index contributed by atoms with van der Waals surface area (Å²) in [5, 5.41) is 9.11. The number of hydrogen-bond acceptors (Lipinski definition) is 3. The molecule has 3 N–H and O–H groups in total. The maximum absolute atomic E-state index is 12.5. The number of anilines is 1. The van der Waals surface area contributed by atoms with E-state index in [1.807, 2.05) is 18.2 Å². The summed E-state index contributed by atoms with van der Waals surface area (Å²) in [6.45, 7) is 1.60. The monoisotopic (exact) mass is 323 g/mol. The summed E-state index contributed by atoms with van der Waals surface area (Å²) in [5.74, 6) is -0.402. The van der Waals surface area contributed by atoms with Gasteiger partial charge in [-0.2, -0.15) is 0 Å². The molecule has 2 aromatic carbocycles. The molecule has 124 valence electrons. The molecule has 0 aliphatic carbocycles. The zero-order valence-electron chi connectivity index (χ0n) is 13.4. The van der Waals surface area contributed by atoms with Gasteiger partial charge in [-0.1, -0.05) is 30.3 Å². The van der Waals surface area contributed by atoms with E-state index in [-0.39, 0.29) is 11.8 Å². The third kappa shape index (κ3) is 4.00. The minimum atomic E-state index is -0.228. The predicted molar refractivity (Wildman–Crippen MR) is 94.2 cm³/mol. The van der Waals surface area contributed by atoms with Crippen LogP contribution in [0.2, 0.25) is 0 Å². The maximum Gasteiger partial charge on any atom is 0.255 e. The quantitative estimate of drug-likeness (QED) is 0.791. The molecule has 5 nitrogen and oxygen atoms in total. The van der Waals surface area contributed by atoms with Gasteiger partial charge in [-0.25, -0.2) is 0 Å². The molecule has 1 aliphatic heterocycles. The topological polar surface area (TPSA) is 70.2 Å². The number of hydrogen-bond donors (Lipinski definition) is 3. The van der Waals surface area contributed by atoms with Crippen LogP contribution in [-0.4, -0.2) is 30.9 Å². The molecule has 0 bridgehead atoms. The number of carbonyl (C=O) groups is 2. The number of rotatable bonds is 5. The SMILES string of the molecule is O=C(Nc1ccccc1C(=O)NCC1CCCN1)c1ccccc1. The van der Waals surface area contributed by atoms with Crippen LogP contribution in [0.3, 0.4) is 0 Å². The number of amides is 2. The van der Waals surface area contributed by atoms with Crippen LogP contribution < -0.4 is 16.0 Å². The van der Waals surface area contributed by atoms with Gasteiger partial charge in [-0.05, 0) is 43.7 Å². The fourth-order valence-electron chi connectivity index (χ4n) is 2.82. The van der Waals surface area contributed by atoms with Crippen LogP contribution in [0.1, 0.15) is 33.6 Å². The first-order chi connectivity index (χ1) is 11.7. The lowest BCUT2D eigenvalue weighted by atomic mass is 10.1. The smallest absolute Gasteiger partial charge is 0.255 e. The standard InChI is InChI=1S/C19H21N3O2/c23-18(14-7-2-1-3-8-14)22-17-11-5-4-10-16(17)19(24)21-13-15-9-6-12-20-15/h1-5,7-8,10-11,15,20H,6,9,12-13H2,(H,21,24)(H,22,23). The minimum Gasteiger partial charge on any atom is -0.350 e. The summed E-state index contributed by atoms with van der Waals surface area (Å²) in [7, 11) is 0. The van der Waals surface area contributed by atoms with Crippen molar-refractivity contribution in [1.82, 2.24) is 10.6 Å². The number of carbonyl (C=O) groups excluding carboxylic acids is 2. The van der Waals surface area contributed by atoms with E-state index in [9.17, 15) is 9.59 Å². The molecule has 5 heteroatoms. The molecule has 1 aliphatic rings. The molecule has 1 heterocycles. The second-order valence-electron chi connectivity index (χ2n) is 5.87. The van der Waals surface area contributed by atoms with Crippen molar-refractivity contribution in [2.75, 3.05) is 18.4 Å². The number of para-hydroxylation sites is 1. The first-order valence-electron chi connectivity index (χ1n) is 8.21. The molecule has 3 rings (SSSR count). The second kappa shape index (κ2) is 7.75. The Bertz CT molecular complexity index is 710. The van der Waals surface area contributed by atoms with E-state index in [1.165, 1.54) is 0 Å². The fraction of sp³-hybridized carbons (Fsp3) is 0.263. The van der Waals surface area contributed by atoms with Crippen molar-refractivity contribution in [2.24, 2.45) is 0 Å². The molecular weight excluding hydrogens is 302 g/mol. The van der Waals surface area contributed by atoms with Gasteiger partial charge in [0.25, 0.3) is 11.8 Å². The zero-order valence-corrected chi connectivity index (χ0v) is 13.4. The van der Waals surface area contributed by atoms with Gasteiger partial charge in [0.15, 0.2) is 0 Å². The fourth-order valence-corrected chi connectivity index (χ4v) is 2.82. The first-order valence-corrected chi connectivity index (χ1v) is 8.21. The van der Waals surface area contributed by atoms with E-state index >= 15 is 0 Å². The maximum atomic E-state index is 12.5. The van der Waals surface area contributed by atoms with Gasteiger partial charge in [0.1, 0.15) is 0 Å². The van der Waals surface area contributed by atoms with Crippen LogP contribution >= 0.6 is 0 Å². The Hall–Kier alpha value is -2.66. The molecular formula is C19H21N3O2. The van der Waals surface area contributed by atoms with E-state index < -0.39 is 0 Å². The molecule has 0 saturated carbocycles. The second-order valence-corrected chi connectivity index (χ2v) is 5.87. The average molecular weight is 323 g/mol. The van der Waals surface area contributed by atoms with Gasteiger partial charge in [0.05, 0.1) is 11.3 Å². The van der Waals surface area contributed by atoms with Crippen molar-refractivity contribution in [1.29, 1.82) is 0 Å². The number of benzene rings is 2. The Morgan fingerprint density at radius 1 is 1.00 bits per heavy atom. The van der Waals surface area contributed by atoms with Crippen molar-refractivity contribution in [2.45, 2.75) is 18.9 Å². The van der Waals surface area contributed by atoms with E-state index in [2.05, 4.69) is 16.0 Å². The van der Waals surface area contributed by atoms with Crippen LogP contribution in [-0.2, 0) is 0 Å². The van der Waals surface area contributed by atoms with Crippen LogP contribution in [0, 0.1) is 0 Å². The van der Waals surface area contributed by atoms with Crippen LogP contribution in [0.4, 0.5) is 5.69 Å². The molecule has 1 unspecified atom stereocenters. The lowest BCUT2D eigenvalue weighted by molar-refractivity contribution is 0.0951. The largest absolute Gasteiger partial charge is 0.350 e. The van der Waals surface area contributed by atoms with Crippen molar-refractivity contribution >= 4 is 17.5 Å². The van der Waals surface area contributed by atoms with Gasteiger partial charge in [-0.3, -0.25) is 9.59 Å². The summed E-state index contributed by atoms with van der Waals surface area (Å²) in [5.41, 5.74) is 1.55. The third-order valence-corrected chi connectivity index (χ3v) is 4.13. The molecule has 1 atom stereocenters. The minimum absolute atomic E-state index is 0.173. The highest BCUT2D eigenvalue weighted by Gasteiger charge is 2.17. The van der Waals surface area contributed by atoms with Crippen LogP contribution in [0.15, 0.2) is 54.6 Å². The number of nitrogens with one attached hydrogen (secondary N) is 3. The molecule has 2 aromatic rings. The summed E-state index contributed by atoms with van der Waals surface area (Å²) >= 11 is 0. The molecule has 24 heavy (non-hydrogen) atoms. The molecule has 2 amide bonds. The molecule has 0 radical (unpaired) electrons. The average Bonchev–Trinajstić information content (AvgIpc) is 3.14.